The Morgan fingerprint density at radius 1 is 1.24 bits per heavy atom. The Balaban J connectivity index is 1.57. The molecule has 1 aromatic carbocycles. The molecule has 0 bridgehead atoms. The molecule has 2 aromatic heterocycles. The van der Waals surface area contributed by atoms with E-state index in [0.29, 0.717) is 23.7 Å². The molecule has 0 aliphatic heterocycles. The summed E-state index contributed by atoms with van der Waals surface area (Å²) in [6.45, 7) is 8.08. The van der Waals surface area contributed by atoms with Gasteiger partial charge in [-0.3, -0.25) is 9.48 Å². The van der Waals surface area contributed by atoms with Gasteiger partial charge in [0.2, 0.25) is 0 Å². The molecule has 0 saturated heterocycles. The van der Waals surface area contributed by atoms with Crippen LogP contribution in [-0.2, 0) is 11.3 Å². The maximum atomic E-state index is 12.7. The number of benzene rings is 1. The van der Waals surface area contributed by atoms with E-state index in [0.717, 1.165) is 23.2 Å². The zero-order chi connectivity index (χ0) is 23.6. The second kappa shape index (κ2) is 9.29. The molecule has 0 spiro atoms. The summed E-state index contributed by atoms with van der Waals surface area (Å²) in [6, 6.07) is 9.89. The van der Waals surface area contributed by atoms with Crippen LogP contribution in [0.4, 0.5) is 16.3 Å². The predicted octanol–water partition coefficient (Wildman–Crippen LogP) is 5.24. The zero-order valence-electron chi connectivity index (χ0n) is 19.8. The van der Waals surface area contributed by atoms with Crippen LogP contribution >= 0.6 is 0 Å². The van der Waals surface area contributed by atoms with Crippen LogP contribution in [0.2, 0.25) is 0 Å². The number of rotatable bonds is 5. The number of H-pyrrole nitrogens is 1. The summed E-state index contributed by atoms with van der Waals surface area (Å²) in [7, 11) is 0. The van der Waals surface area contributed by atoms with Crippen LogP contribution in [0, 0.1) is 5.92 Å². The molecule has 3 N–H and O–H groups in total. The van der Waals surface area contributed by atoms with Crippen molar-refractivity contribution in [1.82, 2.24) is 20.1 Å². The molecular weight excluding hydrogens is 418 g/mol. The highest BCUT2D eigenvalue weighted by Gasteiger charge is 2.27. The van der Waals surface area contributed by atoms with Crippen molar-refractivity contribution in [3.8, 4) is 0 Å². The molecule has 3 aromatic rings. The number of aromatic amines is 1. The average molecular weight is 452 g/mol. The lowest BCUT2D eigenvalue weighted by Crippen LogP contribution is -2.32. The smallest absolute Gasteiger partial charge is 0.407 e. The Labute approximate surface area is 193 Å². The van der Waals surface area contributed by atoms with Gasteiger partial charge in [0.15, 0.2) is 5.82 Å². The van der Waals surface area contributed by atoms with Gasteiger partial charge in [-0.2, -0.15) is 5.10 Å². The van der Waals surface area contributed by atoms with E-state index in [1.54, 1.807) is 6.20 Å². The number of carbonyl (C=O) groups excluding carboxylic acids is 1. The Morgan fingerprint density at radius 2 is 2.03 bits per heavy atom. The summed E-state index contributed by atoms with van der Waals surface area (Å²) in [5.41, 5.74) is 1.85. The maximum absolute atomic E-state index is 12.7. The van der Waals surface area contributed by atoms with Crippen molar-refractivity contribution in [3.05, 3.63) is 52.4 Å². The number of ether oxygens (including phenoxy) is 1. The van der Waals surface area contributed by atoms with Gasteiger partial charge in [-0.1, -0.05) is 31.9 Å². The van der Waals surface area contributed by atoms with Gasteiger partial charge in [0.25, 0.3) is 5.56 Å². The van der Waals surface area contributed by atoms with Crippen molar-refractivity contribution in [3.63, 3.8) is 0 Å². The van der Waals surface area contributed by atoms with Crippen LogP contribution in [0.15, 0.2) is 41.3 Å². The summed E-state index contributed by atoms with van der Waals surface area (Å²) in [6.07, 6.45) is 5.88. The number of fused-ring (bicyclic) bond motifs is 1. The molecule has 2 heterocycles. The third kappa shape index (κ3) is 5.38. The van der Waals surface area contributed by atoms with Gasteiger partial charge in [-0.05, 0) is 63.3 Å². The van der Waals surface area contributed by atoms with Crippen LogP contribution in [0.5, 0.6) is 0 Å². The summed E-state index contributed by atoms with van der Waals surface area (Å²) >= 11 is 0. The van der Waals surface area contributed by atoms with Gasteiger partial charge in [0, 0.05) is 18.4 Å². The molecule has 8 nitrogen and oxygen atoms in total. The first-order valence-corrected chi connectivity index (χ1v) is 11.6. The lowest BCUT2D eigenvalue weighted by molar-refractivity contribution is 0.0523. The molecule has 33 heavy (non-hydrogen) atoms. The lowest BCUT2D eigenvalue weighted by atomic mass is 9.86. The van der Waals surface area contributed by atoms with E-state index in [2.05, 4.69) is 22.5 Å². The molecule has 1 aliphatic carbocycles. The fraction of sp³-hybridized carbons (Fsp3) is 0.480. The highest BCUT2D eigenvalue weighted by molar-refractivity contribution is 5.91. The van der Waals surface area contributed by atoms with Crippen LogP contribution in [0.1, 0.15) is 65.0 Å². The first kappa shape index (κ1) is 22.9. The van der Waals surface area contributed by atoms with E-state index in [9.17, 15) is 9.59 Å². The first-order valence-electron chi connectivity index (χ1n) is 11.6. The zero-order valence-corrected chi connectivity index (χ0v) is 19.8. The van der Waals surface area contributed by atoms with Gasteiger partial charge >= 0.3 is 6.09 Å². The SMILES string of the molecule is C[C@H]1CCCC[C@@H]1n1nc(Nc2cccc(CNC(=O)OC(C)(C)C)c2)c2c(=O)[nH]ccc21. The number of nitrogens with one attached hydrogen (secondary N) is 3. The van der Waals surface area contributed by atoms with E-state index < -0.39 is 11.7 Å². The second-order valence-corrected chi connectivity index (χ2v) is 9.87. The third-order valence-electron chi connectivity index (χ3n) is 6.04. The Hall–Kier alpha value is -3.29. The molecule has 176 valence electrons. The second-order valence-electron chi connectivity index (χ2n) is 9.87. The lowest BCUT2D eigenvalue weighted by Gasteiger charge is -2.29. The summed E-state index contributed by atoms with van der Waals surface area (Å²) in [4.78, 5) is 27.5. The van der Waals surface area contributed by atoms with E-state index >= 15 is 0 Å². The van der Waals surface area contributed by atoms with Crippen LogP contribution in [0.25, 0.3) is 10.9 Å². The van der Waals surface area contributed by atoms with Crippen LogP contribution in [0.3, 0.4) is 0 Å². The van der Waals surface area contributed by atoms with Gasteiger partial charge in [-0.15, -0.1) is 0 Å². The van der Waals surface area contributed by atoms with Crippen molar-refractivity contribution in [2.45, 2.75) is 71.6 Å². The quantitative estimate of drug-likeness (QED) is 0.492. The van der Waals surface area contributed by atoms with Crippen molar-refractivity contribution in [1.29, 1.82) is 0 Å². The van der Waals surface area contributed by atoms with Crippen molar-refractivity contribution >= 4 is 28.5 Å². The molecule has 0 radical (unpaired) electrons. The number of aromatic nitrogens is 3. The first-order chi connectivity index (χ1) is 15.7. The highest BCUT2D eigenvalue weighted by atomic mass is 16.6. The Morgan fingerprint density at radius 3 is 2.79 bits per heavy atom. The minimum absolute atomic E-state index is 0.160. The molecule has 1 fully saturated rings. The predicted molar refractivity (Wildman–Crippen MR) is 130 cm³/mol. The number of nitrogens with zero attached hydrogens (tertiary/aromatic N) is 2. The number of alkyl carbamates (subject to hydrolysis) is 1. The minimum atomic E-state index is -0.545. The summed E-state index contributed by atoms with van der Waals surface area (Å²) < 4.78 is 7.33. The topological polar surface area (TPSA) is 101 Å². The molecule has 1 aliphatic rings. The van der Waals surface area contributed by atoms with Gasteiger partial charge in [0.1, 0.15) is 11.0 Å². The molecule has 4 rings (SSSR count). The largest absolute Gasteiger partial charge is 0.444 e. The molecule has 2 atom stereocenters. The standard InChI is InChI=1S/C25H33N5O3/c1-16-8-5-6-11-19(16)30-20-12-13-26-23(31)21(20)22(29-30)28-18-10-7-9-17(14-18)15-27-24(32)33-25(2,3)4/h7,9-10,12-14,16,19H,5-6,8,11,15H2,1-4H3,(H,26,31)(H,27,32)(H,28,29)/t16-,19-/m0/s1. The number of carbonyl (C=O) groups is 1. The highest BCUT2D eigenvalue weighted by Crippen LogP contribution is 2.36. The normalized spacial score (nSPS) is 18.8. The fourth-order valence-electron chi connectivity index (χ4n) is 4.48. The minimum Gasteiger partial charge on any atom is -0.444 e. The Bertz CT molecular complexity index is 1190. The number of anilines is 2. The van der Waals surface area contributed by atoms with Crippen molar-refractivity contribution < 1.29 is 9.53 Å². The van der Waals surface area contributed by atoms with E-state index in [4.69, 9.17) is 9.84 Å². The van der Waals surface area contributed by atoms with Crippen molar-refractivity contribution in [2.75, 3.05) is 5.32 Å². The third-order valence-corrected chi connectivity index (χ3v) is 6.04. The van der Waals surface area contributed by atoms with E-state index in [1.165, 1.54) is 19.3 Å². The number of hydrogen-bond acceptors (Lipinski definition) is 5. The van der Waals surface area contributed by atoms with E-state index in [1.807, 2.05) is 55.8 Å². The molecule has 1 saturated carbocycles. The van der Waals surface area contributed by atoms with Crippen molar-refractivity contribution in [2.24, 2.45) is 5.92 Å². The molecule has 8 heteroatoms. The maximum Gasteiger partial charge on any atom is 0.407 e. The molecular formula is C25H33N5O3. The Kier molecular flexibility index (Phi) is 6.44. The number of hydrogen-bond donors (Lipinski definition) is 3. The fourth-order valence-corrected chi connectivity index (χ4v) is 4.48. The van der Waals surface area contributed by atoms with E-state index in [-0.39, 0.29) is 11.6 Å². The number of pyridine rings is 1. The van der Waals surface area contributed by atoms with Gasteiger partial charge < -0.3 is 20.4 Å². The summed E-state index contributed by atoms with van der Waals surface area (Å²) in [5, 5.41) is 11.5. The van der Waals surface area contributed by atoms with Crippen LogP contribution < -0.4 is 16.2 Å². The average Bonchev–Trinajstić information content (AvgIpc) is 3.11. The monoisotopic (exact) mass is 451 g/mol. The van der Waals surface area contributed by atoms with Gasteiger partial charge in [0.05, 0.1) is 11.6 Å². The van der Waals surface area contributed by atoms with Gasteiger partial charge in [-0.25, -0.2) is 4.79 Å². The molecule has 1 amide bonds. The van der Waals surface area contributed by atoms with Crippen LogP contribution in [-0.4, -0.2) is 26.5 Å². The summed E-state index contributed by atoms with van der Waals surface area (Å²) in [5.74, 6) is 1.05. The molecule has 0 unspecified atom stereocenters. The number of amides is 1.